The maximum Gasteiger partial charge on any atom is 0.249 e. The van der Waals surface area contributed by atoms with Gasteiger partial charge in [-0.25, -0.2) is 4.39 Å². The zero-order valence-electron chi connectivity index (χ0n) is 26.0. The molecule has 234 valence electrons. The van der Waals surface area contributed by atoms with Crippen LogP contribution in [0.4, 0.5) is 4.39 Å². The van der Waals surface area contributed by atoms with Crippen molar-refractivity contribution in [3.8, 4) is 11.5 Å². The number of ether oxygens (including phenoxy) is 2. The summed E-state index contributed by atoms with van der Waals surface area (Å²) in [6, 6.07) is 12.2. The first kappa shape index (κ1) is 33.8. The van der Waals surface area contributed by atoms with E-state index in [0.717, 1.165) is 24.2 Å². The van der Waals surface area contributed by atoms with Gasteiger partial charge in [-0.1, -0.05) is 49.8 Å². The van der Waals surface area contributed by atoms with Crippen LogP contribution in [-0.4, -0.2) is 61.8 Å². The fourth-order valence-corrected chi connectivity index (χ4v) is 5.96. The van der Waals surface area contributed by atoms with Gasteiger partial charge in [0.25, 0.3) is 0 Å². The Bertz CT molecular complexity index is 1320. The van der Waals surface area contributed by atoms with Crippen molar-refractivity contribution in [2.24, 2.45) is 17.1 Å². The van der Waals surface area contributed by atoms with Crippen LogP contribution < -0.4 is 20.5 Å². The van der Waals surface area contributed by atoms with Gasteiger partial charge in [-0.15, -0.1) is 0 Å². The number of carbonyl (C=O) groups excluding carboxylic acids is 2. The molecule has 0 fully saturated rings. The zero-order chi connectivity index (χ0) is 31.6. The number of rotatable bonds is 16. The highest BCUT2D eigenvalue weighted by Crippen LogP contribution is 2.44. The van der Waals surface area contributed by atoms with Crippen molar-refractivity contribution in [2.45, 2.75) is 59.1 Å². The maximum atomic E-state index is 14.7. The third kappa shape index (κ3) is 8.45. The Balaban J connectivity index is 1.98. The van der Waals surface area contributed by atoms with E-state index < -0.39 is 29.2 Å². The SMILES string of the molecule is CCCN(CCC)C(=O)C1=CC(C)=CC(C(N)=O)([C@H](Cc2ccc(OC)c(F)c2)[C@@H](O)CNCc2cccc(OC)c2)C1. The van der Waals surface area contributed by atoms with E-state index in [1.807, 2.05) is 45.0 Å². The largest absolute Gasteiger partial charge is 0.497 e. The number of benzene rings is 2. The summed E-state index contributed by atoms with van der Waals surface area (Å²) in [6.07, 6.45) is 4.30. The van der Waals surface area contributed by atoms with Crippen molar-refractivity contribution in [2.75, 3.05) is 33.9 Å². The van der Waals surface area contributed by atoms with Crippen LogP contribution >= 0.6 is 0 Å². The molecule has 0 aliphatic heterocycles. The van der Waals surface area contributed by atoms with Crippen LogP contribution in [0.3, 0.4) is 0 Å². The summed E-state index contributed by atoms with van der Waals surface area (Å²) >= 11 is 0. The van der Waals surface area contributed by atoms with Gasteiger partial charge in [0.05, 0.1) is 25.7 Å². The highest BCUT2D eigenvalue weighted by molar-refractivity contribution is 5.97. The second kappa shape index (κ2) is 15.7. The number of allylic oxidation sites excluding steroid dienone is 2. The Morgan fingerprint density at radius 1 is 1.09 bits per heavy atom. The number of halogens is 1. The van der Waals surface area contributed by atoms with Crippen LogP contribution in [0.15, 0.2) is 65.8 Å². The number of aliphatic hydroxyl groups excluding tert-OH is 1. The third-order valence-corrected chi connectivity index (χ3v) is 7.99. The van der Waals surface area contributed by atoms with Crippen LogP contribution in [0, 0.1) is 17.2 Å². The number of aliphatic hydroxyl groups is 1. The predicted molar refractivity (Wildman–Crippen MR) is 166 cm³/mol. The molecule has 0 heterocycles. The number of carbonyl (C=O) groups is 2. The second-order valence-corrected chi connectivity index (χ2v) is 11.3. The van der Waals surface area contributed by atoms with Crippen LogP contribution in [-0.2, 0) is 22.6 Å². The summed E-state index contributed by atoms with van der Waals surface area (Å²) in [4.78, 5) is 29.0. The summed E-state index contributed by atoms with van der Waals surface area (Å²) in [5.74, 6) is -1.28. The molecule has 0 spiro atoms. The molecule has 0 saturated heterocycles. The van der Waals surface area contributed by atoms with Gasteiger partial charge in [0, 0.05) is 37.7 Å². The van der Waals surface area contributed by atoms with Gasteiger partial charge in [0.1, 0.15) is 5.75 Å². The molecule has 43 heavy (non-hydrogen) atoms. The number of nitrogens with two attached hydrogens (primary N) is 1. The Hall–Kier alpha value is -3.69. The molecular weight excluding hydrogens is 549 g/mol. The summed E-state index contributed by atoms with van der Waals surface area (Å²) in [5.41, 5.74) is 7.50. The zero-order valence-corrected chi connectivity index (χ0v) is 26.0. The highest BCUT2D eigenvalue weighted by atomic mass is 19.1. The second-order valence-electron chi connectivity index (χ2n) is 11.3. The lowest BCUT2D eigenvalue weighted by Gasteiger charge is -2.42. The van der Waals surface area contributed by atoms with Crippen LogP contribution in [0.5, 0.6) is 11.5 Å². The van der Waals surface area contributed by atoms with E-state index in [-0.39, 0.29) is 31.0 Å². The first-order chi connectivity index (χ1) is 20.6. The predicted octanol–water partition coefficient (Wildman–Crippen LogP) is 4.55. The first-order valence-corrected chi connectivity index (χ1v) is 14.9. The molecule has 0 aromatic heterocycles. The molecule has 8 nitrogen and oxygen atoms in total. The van der Waals surface area contributed by atoms with Gasteiger partial charge >= 0.3 is 0 Å². The molecule has 2 aromatic rings. The lowest BCUT2D eigenvalue weighted by atomic mass is 9.63. The van der Waals surface area contributed by atoms with Crippen molar-refractivity contribution in [1.82, 2.24) is 10.2 Å². The van der Waals surface area contributed by atoms with Gasteiger partial charge in [-0.05, 0) is 68.0 Å². The monoisotopic (exact) mass is 595 g/mol. The molecule has 0 saturated carbocycles. The fraction of sp³-hybridized carbons (Fsp3) is 0.471. The van der Waals surface area contributed by atoms with Crippen molar-refractivity contribution in [3.63, 3.8) is 0 Å². The number of hydrogen-bond donors (Lipinski definition) is 3. The number of methoxy groups -OCH3 is 2. The number of nitrogens with zero attached hydrogens (tertiary/aromatic N) is 1. The standard InChI is InChI=1S/C34H46FN3O5/c1-6-13-38(14-7-2)32(40)26-15-23(3)19-34(20-26,33(36)41)28(17-24-11-12-31(43-5)29(35)18-24)30(39)22-37-21-25-9-8-10-27(16-25)42-4/h8-12,15-16,18-19,28,30,37,39H,6-7,13-14,17,20-22H2,1-5H3,(H2,36,41)/t28-,30+,34?/m1/s1. The topological polar surface area (TPSA) is 114 Å². The summed E-state index contributed by atoms with van der Waals surface area (Å²) in [7, 11) is 2.99. The number of hydrogen-bond acceptors (Lipinski definition) is 6. The van der Waals surface area contributed by atoms with E-state index >= 15 is 0 Å². The van der Waals surface area contributed by atoms with Crippen LogP contribution in [0.2, 0.25) is 0 Å². The Morgan fingerprint density at radius 3 is 2.42 bits per heavy atom. The molecule has 2 aromatic carbocycles. The first-order valence-electron chi connectivity index (χ1n) is 14.9. The van der Waals surface area contributed by atoms with Crippen molar-refractivity contribution < 1.29 is 28.6 Å². The van der Waals surface area contributed by atoms with Gasteiger partial charge < -0.3 is 30.5 Å². The number of nitrogens with one attached hydrogen (secondary N) is 1. The van der Waals surface area contributed by atoms with Crippen LogP contribution in [0.25, 0.3) is 0 Å². The molecule has 3 rings (SSSR count). The summed E-state index contributed by atoms with van der Waals surface area (Å²) in [5, 5.41) is 15.0. The molecule has 1 unspecified atom stereocenters. The minimum absolute atomic E-state index is 0.0404. The molecule has 4 N–H and O–H groups in total. The quantitative estimate of drug-likeness (QED) is 0.263. The van der Waals surface area contributed by atoms with E-state index in [1.54, 1.807) is 30.2 Å². The Labute approximate surface area is 254 Å². The number of amides is 2. The molecule has 1 aliphatic carbocycles. The van der Waals surface area contributed by atoms with Crippen molar-refractivity contribution in [1.29, 1.82) is 0 Å². The van der Waals surface area contributed by atoms with Crippen LogP contribution in [0.1, 0.15) is 51.2 Å². The summed E-state index contributed by atoms with van der Waals surface area (Å²) < 4.78 is 25.1. The molecule has 2 amide bonds. The lowest BCUT2D eigenvalue weighted by molar-refractivity contribution is -0.132. The van der Waals surface area contributed by atoms with Gasteiger partial charge in [-0.2, -0.15) is 0 Å². The van der Waals surface area contributed by atoms with Crippen molar-refractivity contribution in [3.05, 3.63) is 82.7 Å². The summed E-state index contributed by atoms with van der Waals surface area (Å²) in [6.45, 7) is 7.64. The Morgan fingerprint density at radius 2 is 1.81 bits per heavy atom. The van der Waals surface area contributed by atoms with Gasteiger partial charge in [0.15, 0.2) is 11.6 Å². The van der Waals surface area contributed by atoms with E-state index in [2.05, 4.69) is 5.32 Å². The minimum Gasteiger partial charge on any atom is -0.497 e. The molecule has 0 radical (unpaired) electrons. The average molecular weight is 596 g/mol. The molecule has 0 bridgehead atoms. The van der Waals surface area contributed by atoms with E-state index in [1.165, 1.54) is 19.2 Å². The molecule has 9 heteroatoms. The molecule has 1 aliphatic rings. The average Bonchev–Trinajstić information content (AvgIpc) is 2.99. The fourth-order valence-electron chi connectivity index (χ4n) is 5.96. The smallest absolute Gasteiger partial charge is 0.249 e. The van der Waals surface area contributed by atoms with Gasteiger partial charge in [0.2, 0.25) is 11.8 Å². The van der Waals surface area contributed by atoms with E-state index in [4.69, 9.17) is 15.2 Å². The molecule has 3 atom stereocenters. The number of primary amides is 1. The van der Waals surface area contributed by atoms with E-state index in [9.17, 15) is 19.1 Å². The lowest BCUT2D eigenvalue weighted by Crippen LogP contribution is -2.51. The highest BCUT2D eigenvalue weighted by Gasteiger charge is 2.48. The molecular formula is C34H46FN3O5. The van der Waals surface area contributed by atoms with Crippen molar-refractivity contribution >= 4 is 11.8 Å². The Kier molecular flexibility index (Phi) is 12.3. The third-order valence-electron chi connectivity index (χ3n) is 7.99. The van der Waals surface area contributed by atoms with E-state index in [0.29, 0.717) is 36.3 Å². The maximum absolute atomic E-state index is 14.7. The minimum atomic E-state index is -1.39. The van der Waals surface area contributed by atoms with Gasteiger partial charge in [-0.3, -0.25) is 9.59 Å². The normalized spacial score (nSPS) is 17.8.